The number of ether oxygens (including phenoxy) is 3. The number of nitrogens with zero attached hydrogens (tertiary/aromatic N) is 2. The first-order valence-corrected chi connectivity index (χ1v) is 6.46. The normalized spacial score (nSPS) is 10.2. The van der Waals surface area contributed by atoms with Gasteiger partial charge in [0.1, 0.15) is 5.76 Å². The van der Waals surface area contributed by atoms with E-state index in [2.05, 4.69) is 9.89 Å². The summed E-state index contributed by atoms with van der Waals surface area (Å²) in [5, 5.41) is 3.63. The molecule has 1 aromatic heterocycles. The zero-order chi connectivity index (χ0) is 15.7. The maximum absolute atomic E-state index is 12.1. The summed E-state index contributed by atoms with van der Waals surface area (Å²) in [7, 11) is 2.84. The third-order valence-corrected chi connectivity index (χ3v) is 2.68. The molecule has 0 spiro atoms. The van der Waals surface area contributed by atoms with Crippen molar-refractivity contribution < 1.29 is 28.3 Å². The average molecular weight is 300 g/mol. The lowest BCUT2D eigenvalue weighted by molar-refractivity contribution is -0.142. The van der Waals surface area contributed by atoms with E-state index >= 15 is 0 Å². The van der Waals surface area contributed by atoms with Crippen LogP contribution in [0.2, 0.25) is 0 Å². The lowest BCUT2D eigenvalue weighted by Crippen LogP contribution is -2.38. The van der Waals surface area contributed by atoms with Crippen LogP contribution >= 0.6 is 0 Å². The Labute approximate surface area is 122 Å². The molecule has 21 heavy (non-hydrogen) atoms. The number of aryl methyl sites for hydroxylation is 1. The van der Waals surface area contributed by atoms with Crippen LogP contribution in [0.1, 0.15) is 12.2 Å². The molecule has 0 unspecified atom stereocenters. The van der Waals surface area contributed by atoms with E-state index in [-0.39, 0.29) is 37.3 Å². The van der Waals surface area contributed by atoms with Crippen molar-refractivity contribution in [3.05, 3.63) is 11.8 Å². The summed E-state index contributed by atoms with van der Waals surface area (Å²) >= 11 is 0. The first-order valence-electron chi connectivity index (χ1n) is 6.46. The van der Waals surface area contributed by atoms with Gasteiger partial charge in [0.2, 0.25) is 0 Å². The van der Waals surface area contributed by atoms with Crippen molar-refractivity contribution in [3.8, 4) is 5.88 Å². The number of hydrogen-bond acceptors (Lipinski definition) is 7. The number of carbonyl (C=O) groups excluding carboxylic acids is 2. The zero-order valence-corrected chi connectivity index (χ0v) is 12.5. The minimum atomic E-state index is -0.377. The molecule has 0 atom stereocenters. The fourth-order valence-corrected chi connectivity index (χ4v) is 1.53. The van der Waals surface area contributed by atoms with Crippen LogP contribution in [0.25, 0.3) is 0 Å². The topological polar surface area (TPSA) is 91.1 Å². The van der Waals surface area contributed by atoms with Gasteiger partial charge in [0, 0.05) is 26.3 Å². The van der Waals surface area contributed by atoms with Crippen LogP contribution in [0.15, 0.2) is 10.6 Å². The Kier molecular flexibility index (Phi) is 7.24. The van der Waals surface area contributed by atoms with Crippen LogP contribution in [0.5, 0.6) is 5.88 Å². The minimum absolute atomic E-state index is 0.120. The number of esters is 1. The Bertz CT molecular complexity index is 459. The van der Waals surface area contributed by atoms with E-state index in [1.54, 1.807) is 13.0 Å². The van der Waals surface area contributed by atoms with Crippen molar-refractivity contribution in [2.45, 2.75) is 13.3 Å². The van der Waals surface area contributed by atoms with E-state index < -0.39 is 0 Å². The monoisotopic (exact) mass is 300 g/mol. The second kappa shape index (κ2) is 8.96. The van der Waals surface area contributed by atoms with Gasteiger partial charge >= 0.3 is 5.97 Å². The van der Waals surface area contributed by atoms with Crippen molar-refractivity contribution in [2.24, 2.45) is 0 Å². The molecule has 0 aliphatic carbocycles. The van der Waals surface area contributed by atoms with E-state index in [1.165, 1.54) is 19.1 Å². The van der Waals surface area contributed by atoms with Crippen LogP contribution in [-0.2, 0) is 19.1 Å². The molecule has 0 saturated heterocycles. The van der Waals surface area contributed by atoms with E-state index in [4.69, 9.17) is 14.0 Å². The zero-order valence-electron chi connectivity index (χ0n) is 12.5. The van der Waals surface area contributed by atoms with Gasteiger partial charge in [0.25, 0.3) is 11.8 Å². The second-order valence-electron chi connectivity index (χ2n) is 4.26. The maximum Gasteiger partial charge on any atom is 0.307 e. The van der Waals surface area contributed by atoms with Crippen LogP contribution in [-0.4, -0.2) is 62.5 Å². The minimum Gasteiger partial charge on any atom is -0.469 e. The lowest BCUT2D eigenvalue weighted by atomic mass is 10.3. The highest BCUT2D eigenvalue weighted by Crippen LogP contribution is 2.09. The molecular formula is C13H20N2O6. The van der Waals surface area contributed by atoms with Gasteiger partial charge in [0.15, 0.2) is 6.61 Å². The van der Waals surface area contributed by atoms with Gasteiger partial charge in [0.05, 0.1) is 20.1 Å². The molecule has 8 heteroatoms. The Morgan fingerprint density at radius 1 is 1.33 bits per heavy atom. The van der Waals surface area contributed by atoms with Gasteiger partial charge in [-0.25, -0.2) is 0 Å². The van der Waals surface area contributed by atoms with Gasteiger partial charge in [-0.1, -0.05) is 0 Å². The van der Waals surface area contributed by atoms with Crippen LogP contribution in [0.4, 0.5) is 0 Å². The number of carbonyl (C=O) groups is 2. The summed E-state index contributed by atoms with van der Waals surface area (Å²) in [6.45, 7) is 2.53. The molecule has 118 valence electrons. The number of aromatic nitrogens is 1. The third-order valence-electron chi connectivity index (χ3n) is 2.68. The first kappa shape index (κ1) is 17.0. The quantitative estimate of drug-likeness (QED) is 0.609. The fraction of sp³-hybridized carbons (Fsp3) is 0.615. The van der Waals surface area contributed by atoms with Crippen molar-refractivity contribution in [1.82, 2.24) is 10.1 Å². The summed E-state index contributed by atoms with van der Waals surface area (Å²) in [6.07, 6.45) is 0.120. The van der Waals surface area contributed by atoms with E-state index in [1.807, 2.05) is 0 Å². The molecule has 0 bridgehead atoms. The van der Waals surface area contributed by atoms with E-state index in [0.717, 1.165) is 0 Å². The number of rotatable bonds is 9. The number of methoxy groups -OCH3 is 2. The Morgan fingerprint density at radius 3 is 2.67 bits per heavy atom. The summed E-state index contributed by atoms with van der Waals surface area (Å²) < 4.78 is 19.6. The molecule has 0 N–H and O–H groups in total. The fourth-order valence-electron chi connectivity index (χ4n) is 1.53. The highest BCUT2D eigenvalue weighted by molar-refractivity contribution is 5.78. The highest BCUT2D eigenvalue weighted by Gasteiger charge is 2.16. The average Bonchev–Trinajstić information content (AvgIpc) is 2.90. The summed E-state index contributed by atoms with van der Waals surface area (Å²) in [5.74, 6) is 0.203. The molecule has 0 radical (unpaired) electrons. The van der Waals surface area contributed by atoms with Crippen LogP contribution < -0.4 is 4.74 Å². The first-order chi connectivity index (χ1) is 10.1. The predicted molar refractivity (Wildman–Crippen MR) is 71.8 cm³/mol. The van der Waals surface area contributed by atoms with Crippen molar-refractivity contribution in [1.29, 1.82) is 0 Å². The summed E-state index contributed by atoms with van der Waals surface area (Å²) in [4.78, 5) is 24.7. The van der Waals surface area contributed by atoms with Gasteiger partial charge in [-0.05, 0) is 12.1 Å². The maximum atomic E-state index is 12.1. The van der Waals surface area contributed by atoms with Crippen molar-refractivity contribution >= 4 is 11.9 Å². The largest absolute Gasteiger partial charge is 0.469 e. The highest BCUT2D eigenvalue weighted by atomic mass is 16.5. The SMILES string of the molecule is COCCN(CCC(=O)OC)C(=O)COc1cc(C)on1. The smallest absolute Gasteiger partial charge is 0.307 e. The second-order valence-corrected chi connectivity index (χ2v) is 4.26. The summed E-state index contributed by atoms with van der Waals surface area (Å²) in [6, 6.07) is 1.58. The Hall–Kier alpha value is -2.09. The molecule has 0 aliphatic heterocycles. The van der Waals surface area contributed by atoms with Crippen molar-refractivity contribution in [3.63, 3.8) is 0 Å². The molecule has 1 rings (SSSR count). The molecular weight excluding hydrogens is 280 g/mol. The standard InChI is InChI=1S/C13H20N2O6/c1-10-8-11(14-21-10)20-9-12(16)15(6-7-18-2)5-4-13(17)19-3/h8H,4-7,9H2,1-3H3. The van der Waals surface area contributed by atoms with Crippen molar-refractivity contribution in [2.75, 3.05) is 40.5 Å². The number of hydrogen-bond donors (Lipinski definition) is 0. The molecule has 1 aromatic rings. The molecule has 0 fully saturated rings. The van der Waals surface area contributed by atoms with Gasteiger partial charge < -0.3 is 23.6 Å². The Balaban J connectivity index is 2.47. The third kappa shape index (κ3) is 6.26. The number of amides is 1. The molecule has 0 aromatic carbocycles. The van der Waals surface area contributed by atoms with Gasteiger partial charge in [-0.2, -0.15) is 0 Å². The molecule has 8 nitrogen and oxygen atoms in total. The van der Waals surface area contributed by atoms with E-state index in [0.29, 0.717) is 18.9 Å². The predicted octanol–water partition coefficient (Wildman–Crippen LogP) is 0.400. The van der Waals surface area contributed by atoms with Crippen LogP contribution in [0.3, 0.4) is 0 Å². The molecule has 1 amide bonds. The Morgan fingerprint density at radius 2 is 2.10 bits per heavy atom. The van der Waals surface area contributed by atoms with Crippen LogP contribution in [0, 0.1) is 6.92 Å². The van der Waals surface area contributed by atoms with Gasteiger partial charge in [-0.15, -0.1) is 0 Å². The van der Waals surface area contributed by atoms with Gasteiger partial charge in [-0.3, -0.25) is 9.59 Å². The molecule has 1 heterocycles. The molecule has 0 saturated carbocycles. The molecule has 0 aliphatic rings. The summed E-state index contributed by atoms with van der Waals surface area (Å²) in [5.41, 5.74) is 0. The van der Waals surface area contributed by atoms with E-state index in [9.17, 15) is 9.59 Å². The lowest BCUT2D eigenvalue weighted by Gasteiger charge is -2.21.